The van der Waals surface area contributed by atoms with Gasteiger partial charge >= 0.3 is 0 Å². The molecule has 2 N–H and O–H groups in total. The van der Waals surface area contributed by atoms with Crippen molar-refractivity contribution in [1.29, 1.82) is 0 Å². The molecule has 0 heterocycles. The van der Waals surface area contributed by atoms with Crippen molar-refractivity contribution in [3.8, 4) is 0 Å². The first-order valence-electron chi connectivity index (χ1n) is 10.2. The second kappa shape index (κ2) is 10.7. The lowest BCUT2D eigenvalue weighted by atomic mass is 9.67. The van der Waals surface area contributed by atoms with Crippen molar-refractivity contribution in [1.82, 2.24) is 15.5 Å². The minimum absolute atomic E-state index is 0.306. The Balaban J connectivity index is 1.99. The minimum Gasteiger partial charge on any atom is -0.385 e. The first kappa shape index (κ1) is 21.7. The number of likely N-dealkylation sites (N-methyl/N-ethyl adjacent to an activating group) is 1. The lowest BCUT2D eigenvalue weighted by molar-refractivity contribution is 0.0778. The Morgan fingerprint density at radius 2 is 1.93 bits per heavy atom. The molecule has 0 aliphatic heterocycles. The molecule has 5 heteroatoms. The number of ether oxygens (including phenoxy) is 1. The molecule has 0 amide bonds. The zero-order chi connectivity index (χ0) is 19.7. The van der Waals surface area contributed by atoms with Crippen LogP contribution in [-0.4, -0.2) is 58.3 Å². The summed E-state index contributed by atoms with van der Waals surface area (Å²) in [5, 5.41) is 6.96. The SMILES string of the molecule is CCNC(=NCC1(CCOC)CCC1)NCC(c1ccc(C)cc1)N(C)C. The number of guanidine groups is 1. The highest BCUT2D eigenvalue weighted by Gasteiger charge is 2.36. The van der Waals surface area contributed by atoms with Gasteiger partial charge in [0.25, 0.3) is 0 Å². The van der Waals surface area contributed by atoms with Crippen molar-refractivity contribution in [2.75, 3.05) is 47.4 Å². The maximum atomic E-state index is 5.30. The highest BCUT2D eigenvalue weighted by Crippen LogP contribution is 2.44. The smallest absolute Gasteiger partial charge is 0.191 e. The molecule has 27 heavy (non-hydrogen) atoms. The third-order valence-corrected chi connectivity index (χ3v) is 5.72. The Morgan fingerprint density at radius 1 is 1.22 bits per heavy atom. The van der Waals surface area contributed by atoms with E-state index in [4.69, 9.17) is 9.73 Å². The van der Waals surface area contributed by atoms with Gasteiger partial charge in [-0.15, -0.1) is 0 Å². The molecule has 2 rings (SSSR count). The summed E-state index contributed by atoms with van der Waals surface area (Å²) in [5.41, 5.74) is 2.96. The molecule has 0 saturated heterocycles. The molecule has 1 fully saturated rings. The number of methoxy groups -OCH3 is 1. The van der Waals surface area contributed by atoms with Crippen LogP contribution in [0.25, 0.3) is 0 Å². The fourth-order valence-electron chi connectivity index (χ4n) is 3.65. The molecule has 152 valence electrons. The third kappa shape index (κ3) is 6.51. The van der Waals surface area contributed by atoms with Crippen LogP contribution >= 0.6 is 0 Å². The first-order valence-corrected chi connectivity index (χ1v) is 10.2. The van der Waals surface area contributed by atoms with Crippen molar-refractivity contribution >= 4 is 5.96 Å². The van der Waals surface area contributed by atoms with Gasteiger partial charge in [0.2, 0.25) is 0 Å². The number of aryl methyl sites for hydroxylation is 1. The number of hydrogen-bond acceptors (Lipinski definition) is 3. The molecule has 1 aliphatic carbocycles. The van der Waals surface area contributed by atoms with Crippen LogP contribution < -0.4 is 10.6 Å². The third-order valence-electron chi connectivity index (χ3n) is 5.72. The van der Waals surface area contributed by atoms with E-state index in [-0.39, 0.29) is 0 Å². The molecule has 1 unspecified atom stereocenters. The maximum absolute atomic E-state index is 5.30. The average molecular weight is 375 g/mol. The summed E-state index contributed by atoms with van der Waals surface area (Å²) in [5.74, 6) is 0.917. The summed E-state index contributed by atoms with van der Waals surface area (Å²) in [6.45, 7) is 7.65. The zero-order valence-electron chi connectivity index (χ0n) is 17.8. The van der Waals surface area contributed by atoms with Gasteiger partial charge in [0.15, 0.2) is 5.96 Å². The molecular formula is C22H38N4O. The normalized spacial score (nSPS) is 17.5. The molecule has 1 saturated carbocycles. The predicted molar refractivity (Wildman–Crippen MR) is 114 cm³/mol. The highest BCUT2D eigenvalue weighted by molar-refractivity contribution is 5.79. The van der Waals surface area contributed by atoms with E-state index < -0.39 is 0 Å². The number of rotatable bonds is 10. The summed E-state index contributed by atoms with van der Waals surface area (Å²) < 4.78 is 5.30. The zero-order valence-corrected chi connectivity index (χ0v) is 17.8. The molecule has 1 aromatic carbocycles. The van der Waals surface area contributed by atoms with E-state index in [1.165, 1.54) is 30.4 Å². The molecule has 1 aromatic rings. The second-order valence-electron chi connectivity index (χ2n) is 8.06. The number of nitrogens with one attached hydrogen (secondary N) is 2. The topological polar surface area (TPSA) is 48.9 Å². The Hall–Kier alpha value is -1.59. The minimum atomic E-state index is 0.306. The number of benzene rings is 1. The maximum Gasteiger partial charge on any atom is 0.191 e. The van der Waals surface area contributed by atoms with Crippen molar-refractivity contribution in [3.05, 3.63) is 35.4 Å². The fourth-order valence-corrected chi connectivity index (χ4v) is 3.65. The fraction of sp³-hybridized carbons (Fsp3) is 0.682. The molecule has 0 radical (unpaired) electrons. The molecule has 0 bridgehead atoms. The molecule has 1 aliphatic rings. The number of aliphatic imine (C=N–C) groups is 1. The average Bonchev–Trinajstić information content (AvgIpc) is 2.61. The Bertz CT molecular complexity index is 578. The van der Waals surface area contributed by atoms with Crippen LogP contribution in [0.15, 0.2) is 29.3 Å². The molecule has 0 aromatic heterocycles. The van der Waals surface area contributed by atoms with E-state index >= 15 is 0 Å². The largest absolute Gasteiger partial charge is 0.385 e. The molecule has 5 nitrogen and oxygen atoms in total. The van der Waals surface area contributed by atoms with Gasteiger partial charge in [0, 0.05) is 33.4 Å². The van der Waals surface area contributed by atoms with Gasteiger partial charge < -0.3 is 20.3 Å². The van der Waals surface area contributed by atoms with Crippen LogP contribution in [0.4, 0.5) is 0 Å². The molecular weight excluding hydrogens is 336 g/mol. The van der Waals surface area contributed by atoms with Crippen LogP contribution in [0.5, 0.6) is 0 Å². The van der Waals surface area contributed by atoms with Crippen LogP contribution in [0, 0.1) is 12.3 Å². The van der Waals surface area contributed by atoms with E-state index in [0.717, 1.165) is 38.6 Å². The number of nitrogens with zero attached hydrogens (tertiary/aromatic N) is 2. The van der Waals surface area contributed by atoms with Crippen LogP contribution in [0.1, 0.15) is 49.8 Å². The summed E-state index contributed by atoms with van der Waals surface area (Å²) in [6.07, 6.45) is 4.96. The van der Waals surface area contributed by atoms with Gasteiger partial charge in [-0.3, -0.25) is 4.99 Å². The van der Waals surface area contributed by atoms with Crippen molar-refractivity contribution < 1.29 is 4.74 Å². The monoisotopic (exact) mass is 374 g/mol. The molecule has 1 atom stereocenters. The summed E-state index contributed by atoms with van der Waals surface area (Å²) in [7, 11) is 6.04. The van der Waals surface area contributed by atoms with Crippen LogP contribution in [0.3, 0.4) is 0 Å². The van der Waals surface area contributed by atoms with E-state index in [2.05, 4.69) is 67.7 Å². The van der Waals surface area contributed by atoms with Crippen LogP contribution in [-0.2, 0) is 4.74 Å². The lowest BCUT2D eigenvalue weighted by Gasteiger charge is -2.40. The predicted octanol–water partition coefficient (Wildman–Crippen LogP) is 3.36. The van der Waals surface area contributed by atoms with Gasteiger partial charge in [0.1, 0.15) is 0 Å². The van der Waals surface area contributed by atoms with Gasteiger partial charge in [-0.2, -0.15) is 0 Å². The summed E-state index contributed by atoms with van der Waals surface area (Å²) >= 11 is 0. The summed E-state index contributed by atoms with van der Waals surface area (Å²) in [4.78, 5) is 7.18. The van der Waals surface area contributed by atoms with Crippen molar-refractivity contribution in [2.45, 2.75) is 45.6 Å². The quantitative estimate of drug-likeness (QED) is 0.487. The highest BCUT2D eigenvalue weighted by atomic mass is 16.5. The van der Waals surface area contributed by atoms with Crippen molar-refractivity contribution in [3.63, 3.8) is 0 Å². The summed E-state index contributed by atoms with van der Waals surface area (Å²) in [6, 6.07) is 9.11. The van der Waals surface area contributed by atoms with E-state index in [1.807, 2.05) is 0 Å². The molecule has 0 spiro atoms. The number of hydrogen-bond donors (Lipinski definition) is 2. The Kier molecular flexibility index (Phi) is 8.58. The Morgan fingerprint density at radius 3 is 2.44 bits per heavy atom. The van der Waals surface area contributed by atoms with Gasteiger partial charge in [-0.25, -0.2) is 0 Å². The first-order chi connectivity index (χ1) is 13.0. The Labute approximate surface area is 165 Å². The van der Waals surface area contributed by atoms with Gasteiger partial charge in [0.05, 0.1) is 6.04 Å². The van der Waals surface area contributed by atoms with E-state index in [9.17, 15) is 0 Å². The van der Waals surface area contributed by atoms with E-state index in [1.54, 1.807) is 7.11 Å². The van der Waals surface area contributed by atoms with Crippen molar-refractivity contribution in [2.24, 2.45) is 10.4 Å². The van der Waals surface area contributed by atoms with Gasteiger partial charge in [-0.05, 0) is 58.2 Å². The standard InChI is InChI=1S/C22H38N4O/c1-6-23-21(25-17-22(12-7-13-22)14-15-27-5)24-16-20(26(3)4)19-10-8-18(2)9-11-19/h8-11,20H,6-7,12-17H2,1-5H3,(H2,23,24,25). The van der Waals surface area contributed by atoms with Gasteiger partial charge in [-0.1, -0.05) is 36.2 Å². The second-order valence-corrected chi connectivity index (χ2v) is 8.06. The van der Waals surface area contributed by atoms with Crippen LogP contribution in [0.2, 0.25) is 0 Å². The lowest BCUT2D eigenvalue weighted by Crippen LogP contribution is -2.43. The van der Waals surface area contributed by atoms with E-state index in [0.29, 0.717) is 11.5 Å².